The van der Waals surface area contributed by atoms with Gasteiger partial charge >= 0.3 is 6.18 Å². The molecule has 0 fully saturated rings. The Kier molecular flexibility index (Phi) is 3.24. The molecule has 6 nitrogen and oxygen atoms in total. The molecule has 0 aliphatic carbocycles. The van der Waals surface area contributed by atoms with Crippen molar-refractivity contribution in [1.82, 2.24) is 24.7 Å². The number of pyridine rings is 1. The molecule has 9 heteroatoms. The normalized spacial score (nSPS) is 11.6. The number of anilines is 1. The Labute approximate surface area is 122 Å². The molecule has 3 aromatic rings. The molecule has 0 aliphatic rings. The smallest absolute Gasteiger partial charge is 0.368 e. The zero-order chi connectivity index (χ0) is 15.7. The average Bonchev–Trinajstić information content (AvgIpc) is 2.94. The van der Waals surface area contributed by atoms with E-state index in [1.165, 1.54) is 24.8 Å². The maximum atomic E-state index is 12.9. The predicted octanol–water partition coefficient (Wildman–Crippen LogP) is 2.33. The highest BCUT2D eigenvalue weighted by atomic mass is 19.4. The second-order valence-corrected chi connectivity index (χ2v) is 4.37. The van der Waals surface area contributed by atoms with Gasteiger partial charge in [-0.3, -0.25) is 4.98 Å². The molecule has 0 spiro atoms. The molecule has 22 heavy (non-hydrogen) atoms. The van der Waals surface area contributed by atoms with Gasteiger partial charge in [0.15, 0.2) is 5.69 Å². The van der Waals surface area contributed by atoms with Crippen LogP contribution in [0.25, 0.3) is 16.9 Å². The van der Waals surface area contributed by atoms with Crippen molar-refractivity contribution in [3.8, 4) is 16.9 Å². The van der Waals surface area contributed by atoms with Crippen molar-refractivity contribution < 1.29 is 13.2 Å². The zero-order valence-electron chi connectivity index (χ0n) is 11.0. The van der Waals surface area contributed by atoms with Gasteiger partial charge in [0, 0.05) is 18.0 Å². The van der Waals surface area contributed by atoms with Crippen LogP contribution in [0.15, 0.2) is 43.0 Å². The van der Waals surface area contributed by atoms with E-state index in [1.54, 1.807) is 12.1 Å². The van der Waals surface area contributed by atoms with Gasteiger partial charge in [-0.2, -0.15) is 18.3 Å². The van der Waals surface area contributed by atoms with E-state index in [4.69, 9.17) is 5.73 Å². The van der Waals surface area contributed by atoms with Crippen LogP contribution in [0.2, 0.25) is 0 Å². The second-order valence-electron chi connectivity index (χ2n) is 4.37. The molecule has 112 valence electrons. The van der Waals surface area contributed by atoms with E-state index < -0.39 is 11.9 Å². The van der Waals surface area contributed by atoms with E-state index >= 15 is 0 Å². The molecule has 0 saturated carbocycles. The monoisotopic (exact) mass is 306 g/mol. The maximum Gasteiger partial charge on any atom is 0.435 e. The Morgan fingerprint density at radius 1 is 1.09 bits per heavy atom. The quantitative estimate of drug-likeness (QED) is 0.785. The van der Waals surface area contributed by atoms with Gasteiger partial charge in [0.1, 0.15) is 5.69 Å². The van der Waals surface area contributed by atoms with Crippen molar-refractivity contribution in [2.75, 3.05) is 5.73 Å². The number of nitrogen functional groups attached to an aromatic ring is 1. The highest BCUT2D eigenvalue weighted by Gasteiger charge is 2.35. The minimum absolute atomic E-state index is 0.0230. The summed E-state index contributed by atoms with van der Waals surface area (Å²) in [4.78, 5) is 11.4. The van der Waals surface area contributed by atoms with Gasteiger partial charge < -0.3 is 5.73 Å². The molecule has 0 saturated heterocycles. The Hall–Kier alpha value is -2.97. The van der Waals surface area contributed by atoms with E-state index in [1.807, 2.05) is 0 Å². The van der Waals surface area contributed by atoms with Crippen LogP contribution in [-0.2, 0) is 6.18 Å². The molecular formula is C13H9F3N6. The number of nitrogens with two attached hydrogens (primary N) is 1. The lowest BCUT2D eigenvalue weighted by molar-refractivity contribution is -0.141. The van der Waals surface area contributed by atoms with E-state index in [0.717, 1.165) is 10.7 Å². The van der Waals surface area contributed by atoms with Crippen molar-refractivity contribution in [3.05, 3.63) is 48.7 Å². The number of nitrogens with zero attached hydrogens (tertiary/aromatic N) is 5. The van der Waals surface area contributed by atoms with Crippen LogP contribution in [0.3, 0.4) is 0 Å². The van der Waals surface area contributed by atoms with Crippen molar-refractivity contribution in [3.63, 3.8) is 0 Å². The Morgan fingerprint density at radius 3 is 2.41 bits per heavy atom. The summed E-state index contributed by atoms with van der Waals surface area (Å²) >= 11 is 0. The molecule has 3 aromatic heterocycles. The summed E-state index contributed by atoms with van der Waals surface area (Å²) in [5.41, 5.74) is 5.36. The van der Waals surface area contributed by atoms with Gasteiger partial charge in [-0.05, 0) is 18.2 Å². The lowest BCUT2D eigenvalue weighted by Gasteiger charge is -2.06. The van der Waals surface area contributed by atoms with Crippen LogP contribution in [0.4, 0.5) is 19.1 Å². The van der Waals surface area contributed by atoms with Crippen molar-refractivity contribution in [2.45, 2.75) is 6.18 Å². The first-order valence-corrected chi connectivity index (χ1v) is 6.11. The SMILES string of the molecule is Nc1ncc(-n2nc(C(F)(F)F)cc2-c2cccnc2)cn1. The number of rotatable bonds is 2. The summed E-state index contributed by atoms with van der Waals surface area (Å²) in [5.74, 6) is 0.0230. The molecule has 0 unspecified atom stereocenters. The molecule has 3 heterocycles. The van der Waals surface area contributed by atoms with Gasteiger partial charge in [-0.15, -0.1) is 0 Å². The van der Waals surface area contributed by atoms with Gasteiger partial charge in [0.05, 0.1) is 18.1 Å². The number of hydrogen-bond acceptors (Lipinski definition) is 5. The fourth-order valence-corrected chi connectivity index (χ4v) is 1.88. The number of hydrogen-bond donors (Lipinski definition) is 1. The molecular weight excluding hydrogens is 297 g/mol. The first-order valence-electron chi connectivity index (χ1n) is 6.11. The largest absolute Gasteiger partial charge is 0.435 e. The summed E-state index contributed by atoms with van der Waals surface area (Å²) in [5, 5.41) is 3.60. The number of halogens is 3. The highest BCUT2D eigenvalue weighted by Crippen LogP contribution is 2.32. The van der Waals surface area contributed by atoms with Crippen molar-refractivity contribution in [1.29, 1.82) is 0 Å². The van der Waals surface area contributed by atoms with E-state index in [0.29, 0.717) is 5.56 Å². The van der Waals surface area contributed by atoms with Crippen LogP contribution in [0, 0.1) is 0 Å². The van der Waals surface area contributed by atoms with Gasteiger partial charge in [0.25, 0.3) is 0 Å². The van der Waals surface area contributed by atoms with Gasteiger partial charge in [-0.1, -0.05) is 0 Å². The average molecular weight is 306 g/mol. The fourth-order valence-electron chi connectivity index (χ4n) is 1.88. The van der Waals surface area contributed by atoms with E-state index in [9.17, 15) is 13.2 Å². The minimum atomic E-state index is -4.56. The molecule has 0 radical (unpaired) electrons. The Balaban J connectivity index is 2.19. The fraction of sp³-hybridized carbons (Fsp3) is 0.0769. The third-order valence-electron chi connectivity index (χ3n) is 2.86. The summed E-state index contributed by atoms with van der Waals surface area (Å²) in [6.07, 6.45) is 1.02. The van der Waals surface area contributed by atoms with Crippen LogP contribution >= 0.6 is 0 Å². The molecule has 0 aliphatic heterocycles. The lowest BCUT2D eigenvalue weighted by atomic mass is 10.2. The standard InChI is InChI=1S/C13H9F3N6/c14-13(15,16)11-4-10(8-2-1-3-18-5-8)22(21-11)9-6-19-12(17)20-7-9/h1-7H,(H2,17,19,20). The highest BCUT2D eigenvalue weighted by molar-refractivity contribution is 5.61. The lowest BCUT2D eigenvalue weighted by Crippen LogP contribution is -2.08. The number of aromatic nitrogens is 5. The topological polar surface area (TPSA) is 82.5 Å². The summed E-state index contributed by atoms with van der Waals surface area (Å²) in [6.45, 7) is 0. The van der Waals surface area contributed by atoms with Gasteiger partial charge in [0.2, 0.25) is 5.95 Å². The number of alkyl halides is 3. The predicted molar refractivity (Wildman–Crippen MR) is 71.8 cm³/mol. The summed E-state index contributed by atoms with van der Waals surface area (Å²) in [6, 6.07) is 4.21. The summed E-state index contributed by atoms with van der Waals surface area (Å²) < 4.78 is 39.9. The molecule has 0 atom stereocenters. The second kappa shape index (κ2) is 5.10. The van der Waals surface area contributed by atoms with Crippen LogP contribution in [0.1, 0.15) is 5.69 Å². The molecule has 3 rings (SSSR count). The van der Waals surface area contributed by atoms with Crippen molar-refractivity contribution >= 4 is 5.95 Å². The minimum Gasteiger partial charge on any atom is -0.368 e. The first-order chi connectivity index (χ1) is 10.4. The molecule has 0 bridgehead atoms. The third-order valence-corrected chi connectivity index (χ3v) is 2.86. The van der Waals surface area contributed by atoms with E-state index in [2.05, 4.69) is 20.1 Å². The maximum absolute atomic E-state index is 12.9. The van der Waals surface area contributed by atoms with Crippen LogP contribution < -0.4 is 5.73 Å². The van der Waals surface area contributed by atoms with Crippen LogP contribution in [-0.4, -0.2) is 24.7 Å². The Bertz CT molecular complexity index is 780. The molecule has 2 N–H and O–H groups in total. The van der Waals surface area contributed by atoms with Crippen LogP contribution in [0.5, 0.6) is 0 Å². The molecule has 0 amide bonds. The zero-order valence-corrected chi connectivity index (χ0v) is 11.0. The first kappa shape index (κ1) is 14.0. The van der Waals surface area contributed by atoms with Gasteiger partial charge in [-0.25, -0.2) is 14.6 Å². The van der Waals surface area contributed by atoms with E-state index in [-0.39, 0.29) is 17.3 Å². The molecule has 0 aromatic carbocycles. The Morgan fingerprint density at radius 2 is 1.82 bits per heavy atom. The summed E-state index contributed by atoms with van der Waals surface area (Å²) in [7, 11) is 0. The third kappa shape index (κ3) is 2.60. The van der Waals surface area contributed by atoms with Crippen molar-refractivity contribution in [2.24, 2.45) is 0 Å².